The predicted molar refractivity (Wildman–Crippen MR) is 87.4 cm³/mol. The fourth-order valence-corrected chi connectivity index (χ4v) is 3.76. The first-order chi connectivity index (χ1) is 11.5. The molecule has 1 fully saturated rings. The third-order valence-corrected chi connectivity index (χ3v) is 5.03. The minimum Gasteiger partial charge on any atom is -0.480 e. The van der Waals surface area contributed by atoms with Crippen molar-refractivity contribution in [2.24, 2.45) is 0 Å². The van der Waals surface area contributed by atoms with Gasteiger partial charge in [0, 0.05) is 6.54 Å². The molecule has 3 heterocycles. The zero-order valence-electron chi connectivity index (χ0n) is 12.9. The molecule has 0 bridgehead atoms. The Morgan fingerprint density at radius 2 is 2.21 bits per heavy atom. The van der Waals surface area contributed by atoms with Crippen LogP contribution in [0.4, 0.5) is 5.00 Å². The van der Waals surface area contributed by atoms with Gasteiger partial charge in [0.2, 0.25) is 0 Å². The molecule has 1 atom stereocenters. The highest BCUT2D eigenvalue weighted by molar-refractivity contribution is 7.18. The number of carboxylic acid groups (broad SMARTS) is 1. The second-order valence-electron chi connectivity index (χ2n) is 5.55. The summed E-state index contributed by atoms with van der Waals surface area (Å²) in [5.74, 6) is -1.51. The average Bonchev–Trinajstić information content (AvgIpc) is 3.27. The van der Waals surface area contributed by atoms with Crippen molar-refractivity contribution >= 4 is 34.1 Å². The van der Waals surface area contributed by atoms with Crippen LogP contribution in [0.15, 0.2) is 28.9 Å². The summed E-state index contributed by atoms with van der Waals surface area (Å²) in [6, 6.07) is 4.08. The fourth-order valence-electron chi connectivity index (χ4n) is 2.73. The number of anilines is 1. The van der Waals surface area contributed by atoms with Gasteiger partial charge in [-0.2, -0.15) is 0 Å². The van der Waals surface area contributed by atoms with Gasteiger partial charge in [0.15, 0.2) is 5.76 Å². The SMILES string of the molecule is Cc1cc(NC(=O)c2ccco2)sc1C(=O)N1CCC[C@@H]1C(=O)O. The number of carbonyl (C=O) groups excluding carboxylic acids is 2. The van der Waals surface area contributed by atoms with Gasteiger partial charge in [-0.1, -0.05) is 0 Å². The van der Waals surface area contributed by atoms with E-state index >= 15 is 0 Å². The van der Waals surface area contributed by atoms with E-state index in [1.807, 2.05) is 0 Å². The number of thiophene rings is 1. The van der Waals surface area contributed by atoms with Crippen molar-refractivity contribution < 1.29 is 23.9 Å². The van der Waals surface area contributed by atoms with E-state index in [0.717, 1.165) is 11.3 Å². The highest BCUT2D eigenvalue weighted by Gasteiger charge is 2.35. The van der Waals surface area contributed by atoms with Crippen molar-refractivity contribution in [1.82, 2.24) is 4.90 Å². The van der Waals surface area contributed by atoms with E-state index < -0.39 is 17.9 Å². The van der Waals surface area contributed by atoms with Crippen molar-refractivity contribution in [1.29, 1.82) is 0 Å². The van der Waals surface area contributed by atoms with Gasteiger partial charge < -0.3 is 19.7 Å². The molecule has 8 heteroatoms. The quantitative estimate of drug-likeness (QED) is 0.884. The molecule has 1 aliphatic rings. The molecule has 24 heavy (non-hydrogen) atoms. The van der Waals surface area contributed by atoms with Gasteiger partial charge in [0.05, 0.1) is 16.1 Å². The van der Waals surface area contributed by atoms with E-state index in [-0.39, 0.29) is 11.7 Å². The third-order valence-electron chi connectivity index (χ3n) is 3.89. The van der Waals surface area contributed by atoms with Crippen LogP contribution in [0.3, 0.4) is 0 Å². The standard InChI is InChI=1S/C16H16N2O5S/c1-9-8-12(17-14(19)11-5-3-7-23-11)24-13(9)15(20)18-6-2-4-10(18)16(21)22/h3,5,7-8,10H,2,4,6H2,1H3,(H,17,19)(H,21,22)/t10-/m1/s1. The molecule has 2 aromatic heterocycles. The van der Waals surface area contributed by atoms with E-state index in [4.69, 9.17) is 4.42 Å². The highest BCUT2D eigenvalue weighted by atomic mass is 32.1. The normalized spacial score (nSPS) is 17.0. The number of furan rings is 1. The van der Waals surface area contributed by atoms with Crippen molar-refractivity contribution in [3.05, 3.63) is 40.7 Å². The number of carbonyl (C=O) groups is 3. The summed E-state index contributed by atoms with van der Waals surface area (Å²) >= 11 is 1.14. The van der Waals surface area contributed by atoms with Gasteiger partial charge in [-0.3, -0.25) is 9.59 Å². The van der Waals surface area contributed by atoms with Crippen molar-refractivity contribution in [2.75, 3.05) is 11.9 Å². The first kappa shape index (κ1) is 16.3. The monoisotopic (exact) mass is 348 g/mol. The van der Waals surface area contributed by atoms with Gasteiger partial charge in [0.1, 0.15) is 6.04 Å². The van der Waals surface area contributed by atoms with Gasteiger partial charge in [0.25, 0.3) is 11.8 Å². The van der Waals surface area contributed by atoms with Crippen LogP contribution in [0, 0.1) is 6.92 Å². The first-order valence-corrected chi connectivity index (χ1v) is 8.28. The molecule has 0 aliphatic carbocycles. The van der Waals surface area contributed by atoms with E-state index in [1.165, 1.54) is 11.2 Å². The van der Waals surface area contributed by atoms with Gasteiger partial charge >= 0.3 is 5.97 Å². The minimum atomic E-state index is -0.985. The molecule has 3 rings (SSSR count). The van der Waals surface area contributed by atoms with Gasteiger partial charge in [-0.05, 0) is 43.5 Å². The molecule has 0 aromatic carbocycles. The number of hydrogen-bond donors (Lipinski definition) is 2. The molecular formula is C16H16N2O5S. The number of carboxylic acids is 1. The Labute approximate surface area is 141 Å². The maximum atomic E-state index is 12.7. The number of hydrogen-bond acceptors (Lipinski definition) is 5. The molecule has 2 amide bonds. The van der Waals surface area contributed by atoms with Crippen LogP contribution in [0.2, 0.25) is 0 Å². The summed E-state index contributed by atoms with van der Waals surface area (Å²) in [6.07, 6.45) is 2.55. The van der Waals surface area contributed by atoms with E-state index in [1.54, 1.807) is 25.1 Å². The number of aliphatic carboxylic acids is 1. The molecule has 1 saturated heterocycles. The van der Waals surface area contributed by atoms with E-state index in [9.17, 15) is 19.5 Å². The molecule has 126 valence electrons. The molecule has 0 unspecified atom stereocenters. The lowest BCUT2D eigenvalue weighted by atomic mass is 10.2. The zero-order valence-corrected chi connectivity index (χ0v) is 13.8. The van der Waals surface area contributed by atoms with Crippen LogP contribution >= 0.6 is 11.3 Å². The summed E-state index contributed by atoms with van der Waals surface area (Å²) in [6.45, 7) is 2.19. The lowest BCUT2D eigenvalue weighted by Gasteiger charge is -2.20. The number of amides is 2. The minimum absolute atomic E-state index is 0.180. The van der Waals surface area contributed by atoms with Crippen LogP contribution in [-0.4, -0.2) is 40.4 Å². The Bertz CT molecular complexity index is 780. The topological polar surface area (TPSA) is 99.9 Å². The number of rotatable bonds is 4. The van der Waals surface area contributed by atoms with Crippen LogP contribution in [-0.2, 0) is 4.79 Å². The maximum Gasteiger partial charge on any atom is 0.326 e. The fraction of sp³-hybridized carbons (Fsp3) is 0.312. The van der Waals surface area contributed by atoms with Crippen molar-refractivity contribution in [3.8, 4) is 0 Å². The molecule has 0 radical (unpaired) electrons. The number of nitrogens with zero attached hydrogens (tertiary/aromatic N) is 1. The second-order valence-corrected chi connectivity index (χ2v) is 6.60. The smallest absolute Gasteiger partial charge is 0.326 e. The molecular weight excluding hydrogens is 332 g/mol. The summed E-state index contributed by atoms with van der Waals surface area (Å²) in [7, 11) is 0. The molecule has 0 saturated carbocycles. The lowest BCUT2D eigenvalue weighted by molar-refractivity contribution is -0.141. The second kappa shape index (κ2) is 6.48. The van der Waals surface area contributed by atoms with Crippen LogP contribution < -0.4 is 5.32 Å². The largest absolute Gasteiger partial charge is 0.480 e. The Kier molecular flexibility index (Phi) is 4.39. The molecule has 0 spiro atoms. The lowest BCUT2D eigenvalue weighted by Crippen LogP contribution is -2.40. The van der Waals surface area contributed by atoms with Crippen LogP contribution in [0.5, 0.6) is 0 Å². The number of likely N-dealkylation sites (tertiary alicyclic amines) is 1. The number of aryl methyl sites for hydroxylation is 1. The van der Waals surface area contributed by atoms with Crippen molar-refractivity contribution in [3.63, 3.8) is 0 Å². The van der Waals surface area contributed by atoms with Crippen LogP contribution in [0.1, 0.15) is 38.6 Å². The van der Waals surface area contributed by atoms with E-state index in [2.05, 4.69) is 5.32 Å². The number of nitrogens with one attached hydrogen (secondary N) is 1. The van der Waals surface area contributed by atoms with Crippen molar-refractivity contribution in [2.45, 2.75) is 25.8 Å². The highest BCUT2D eigenvalue weighted by Crippen LogP contribution is 2.30. The van der Waals surface area contributed by atoms with Gasteiger partial charge in [-0.15, -0.1) is 11.3 Å². The van der Waals surface area contributed by atoms with Gasteiger partial charge in [-0.25, -0.2) is 4.79 Å². The van der Waals surface area contributed by atoms with E-state index in [0.29, 0.717) is 34.8 Å². The summed E-state index contributed by atoms with van der Waals surface area (Å²) in [5.41, 5.74) is 0.704. The Morgan fingerprint density at radius 1 is 1.42 bits per heavy atom. The summed E-state index contributed by atoms with van der Waals surface area (Å²) in [4.78, 5) is 37.7. The maximum absolute atomic E-state index is 12.7. The Balaban J connectivity index is 1.77. The van der Waals surface area contributed by atoms with Crippen LogP contribution in [0.25, 0.3) is 0 Å². The molecule has 2 N–H and O–H groups in total. The third kappa shape index (κ3) is 3.05. The molecule has 2 aromatic rings. The predicted octanol–water partition coefficient (Wildman–Crippen LogP) is 2.59. The zero-order chi connectivity index (χ0) is 17.3. The summed E-state index contributed by atoms with van der Waals surface area (Å²) in [5, 5.41) is 12.4. The molecule has 1 aliphatic heterocycles. The summed E-state index contributed by atoms with van der Waals surface area (Å²) < 4.78 is 5.03. The Hall–Kier alpha value is -2.61. The average molecular weight is 348 g/mol. The Morgan fingerprint density at radius 3 is 2.88 bits per heavy atom. The molecule has 7 nitrogen and oxygen atoms in total. The first-order valence-electron chi connectivity index (χ1n) is 7.46.